The normalized spacial score (nSPS) is 10.7. The van der Waals surface area contributed by atoms with Crippen molar-refractivity contribution >= 4 is 5.97 Å². The van der Waals surface area contributed by atoms with Gasteiger partial charge in [-0.05, 0) is 41.7 Å². The maximum Gasteiger partial charge on any atom is 0.335 e. The van der Waals surface area contributed by atoms with Gasteiger partial charge in [0.1, 0.15) is 5.75 Å². The monoisotopic (exact) mass is 284 g/mol. The molecule has 2 aromatic carbocycles. The van der Waals surface area contributed by atoms with Gasteiger partial charge in [0.15, 0.2) is 0 Å². The molecule has 0 heterocycles. The van der Waals surface area contributed by atoms with E-state index >= 15 is 0 Å². The molecule has 21 heavy (non-hydrogen) atoms. The molecular weight excluding hydrogens is 264 g/mol. The van der Waals surface area contributed by atoms with E-state index < -0.39 is 5.97 Å². The van der Waals surface area contributed by atoms with E-state index in [1.165, 1.54) is 5.56 Å². The van der Waals surface area contributed by atoms with Crippen molar-refractivity contribution in [1.29, 1.82) is 0 Å². The molecule has 0 saturated heterocycles. The van der Waals surface area contributed by atoms with Crippen LogP contribution in [0.3, 0.4) is 0 Å². The van der Waals surface area contributed by atoms with Crippen molar-refractivity contribution in [2.45, 2.75) is 20.3 Å². The minimum absolute atomic E-state index is 0.261. The molecule has 110 valence electrons. The Labute approximate surface area is 125 Å². The highest BCUT2D eigenvalue weighted by atomic mass is 16.5. The summed E-state index contributed by atoms with van der Waals surface area (Å²) in [6.45, 7) is 4.38. The van der Waals surface area contributed by atoms with Crippen LogP contribution >= 0.6 is 0 Å². The summed E-state index contributed by atoms with van der Waals surface area (Å²) in [5, 5.41) is 9.12. The smallest absolute Gasteiger partial charge is 0.335 e. The Balaban J connectivity index is 2.40. The van der Waals surface area contributed by atoms with Crippen LogP contribution in [0.2, 0.25) is 0 Å². The molecule has 0 bridgehead atoms. The van der Waals surface area contributed by atoms with E-state index in [1.54, 1.807) is 25.3 Å². The highest BCUT2D eigenvalue weighted by Gasteiger charge is 2.11. The second kappa shape index (κ2) is 6.44. The zero-order chi connectivity index (χ0) is 15.4. The predicted octanol–water partition coefficient (Wildman–Crippen LogP) is 4.26. The first-order chi connectivity index (χ1) is 10.0. The quantitative estimate of drug-likeness (QED) is 0.892. The van der Waals surface area contributed by atoms with Gasteiger partial charge >= 0.3 is 5.97 Å². The van der Waals surface area contributed by atoms with Gasteiger partial charge in [0, 0.05) is 5.56 Å². The van der Waals surface area contributed by atoms with Crippen LogP contribution in [0.15, 0.2) is 42.5 Å². The van der Waals surface area contributed by atoms with Crippen molar-refractivity contribution in [1.82, 2.24) is 0 Å². The molecule has 0 spiro atoms. The lowest BCUT2D eigenvalue weighted by molar-refractivity contribution is 0.0697. The average molecular weight is 284 g/mol. The molecule has 3 heteroatoms. The minimum Gasteiger partial charge on any atom is -0.496 e. The number of carboxylic acid groups (broad SMARTS) is 1. The van der Waals surface area contributed by atoms with Crippen LogP contribution in [0, 0.1) is 5.92 Å². The molecule has 3 nitrogen and oxygen atoms in total. The summed E-state index contributed by atoms with van der Waals surface area (Å²) < 4.78 is 5.34. The molecule has 0 atom stereocenters. The first kappa shape index (κ1) is 15.1. The number of hydrogen-bond acceptors (Lipinski definition) is 2. The van der Waals surface area contributed by atoms with Crippen molar-refractivity contribution < 1.29 is 14.6 Å². The molecule has 0 amide bonds. The number of hydrogen-bond donors (Lipinski definition) is 1. The summed E-state index contributed by atoms with van der Waals surface area (Å²) in [5.41, 5.74) is 3.30. The SMILES string of the molecule is COc1ccc(C(=O)O)cc1-c1ccc(CC(C)C)cc1. The van der Waals surface area contributed by atoms with Crippen molar-refractivity contribution in [2.75, 3.05) is 7.11 Å². The highest BCUT2D eigenvalue weighted by molar-refractivity contribution is 5.90. The molecule has 0 unspecified atom stereocenters. The molecule has 1 N–H and O–H groups in total. The number of rotatable bonds is 5. The molecule has 0 saturated carbocycles. The lowest BCUT2D eigenvalue weighted by Crippen LogP contribution is -1.98. The van der Waals surface area contributed by atoms with Crippen LogP contribution in [-0.2, 0) is 6.42 Å². The van der Waals surface area contributed by atoms with Gasteiger partial charge in [-0.1, -0.05) is 38.1 Å². The van der Waals surface area contributed by atoms with Crippen molar-refractivity contribution in [3.05, 3.63) is 53.6 Å². The molecule has 0 aliphatic carbocycles. The largest absolute Gasteiger partial charge is 0.496 e. The molecule has 0 aliphatic rings. The fourth-order valence-electron chi connectivity index (χ4n) is 2.36. The zero-order valence-electron chi connectivity index (χ0n) is 12.6. The summed E-state index contributed by atoms with van der Waals surface area (Å²) in [6, 6.07) is 13.1. The van der Waals surface area contributed by atoms with Gasteiger partial charge in [0.25, 0.3) is 0 Å². The van der Waals surface area contributed by atoms with E-state index in [-0.39, 0.29) is 5.56 Å². The van der Waals surface area contributed by atoms with Gasteiger partial charge in [-0.25, -0.2) is 4.79 Å². The number of carboxylic acids is 1. The lowest BCUT2D eigenvalue weighted by atomic mass is 9.97. The van der Waals surface area contributed by atoms with Gasteiger partial charge < -0.3 is 9.84 Å². The maximum atomic E-state index is 11.1. The molecule has 2 rings (SSSR count). The molecular formula is C18H20O3. The highest BCUT2D eigenvalue weighted by Crippen LogP contribution is 2.31. The third-order valence-electron chi connectivity index (χ3n) is 3.36. The minimum atomic E-state index is -0.935. The fourth-order valence-corrected chi connectivity index (χ4v) is 2.36. The van der Waals surface area contributed by atoms with Crippen LogP contribution in [0.25, 0.3) is 11.1 Å². The Morgan fingerprint density at radius 1 is 1.14 bits per heavy atom. The Kier molecular flexibility index (Phi) is 4.63. The van der Waals surface area contributed by atoms with Gasteiger partial charge in [-0.3, -0.25) is 0 Å². The van der Waals surface area contributed by atoms with E-state index in [0.717, 1.165) is 17.5 Å². The van der Waals surface area contributed by atoms with E-state index in [4.69, 9.17) is 9.84 Å². The van der Waals surface area contributed by atoms with Crippen LogP contribution in [-0.4, -0.2) is 18.2 Å². The fraction of sp³-hybridized carbons (Fsp3) is 0.278. The van der Waals surface area contributed by atoms with Crippen LogP contribution < -0.4 is 4.74 Å². The van der Waals surface area contributed by atoms with Gasteiger partial charge in [-0.2, -0.15) is 0 Å². The number of methoxy groups -OCH3 is 1. The van der Waals surface area contributed by atoms with Crippen LogP contribution in [0.4, 0.5) is 0 Å². The van der Waals surface area contributed by atoms with Crippen molar-refractivity contribution in [3.63, 3.8) is 0 Å². The zero-order valence-corrected chi connectivity index (χ0v) is 12.6. The summed E-state index contributed by atoms with van der Waals surface area (Å²) in [4.78, 5) is 11.1. The standard InChI is InChI=1S/C18H20O3/c1-12(2)10-13-4-6-14(7-5-13)16-11-15(18(19)20)8-9-17(16)21-3/h4-9,11-12H,10H2,1-3H3,(H,19,20). The van der Waals surface area contributed by atoms with Crippen molar-refractivity contribution in [3.8, 4) is 16.9 Å². The van der Waals surface area contributed by atoms with Crippen molar-refractivity contribution in [2.24, 2.45) is 5.92 Å². The number of aromatic carboxylic acids is 1. The van der Waals surface area contributed by atoms with E-state index in [9.17, 15) is 4.79 Å². The van der Waals surface area contributed by atoms with Gasteiger partial charge in [-0.15, -0.1) is 0 Å². The number of carbonyl (C=O) groups is 1. The number of benzene rings is 2. The molecule has 0 aliphatic heterocycles. The Morgan fingerprint density at radius 2 is 1.81 bits per heavy atom. The van der Waals surface area contributed by atoms with E-state index in [0.29, 0.717) is 11.7 Å². The topological polar surface area (TPSA) is 46.5 Å². The third kappa shape index (κ3) is 3.63. The molecule has 2 aromatic rings. The van der Waals surface area contributed by atoms with Gasteiger partial charge in [0.05, 0.1) is 12.7 Å². The van der Waals surface area contributed by atoms with Crippen LogP contribution in [0.5, 0.6) is 5.75 Å². The van der Waals surface area contributed by atoms with E-state index in [1.807, 2.05) is 12.1 Å². The Morgan fingerprint density at radius 3 is 2.33 bits per heavy atom. The molecule has 0 radical (unpaired) electrons. The van der Waals surface area contributed by atoms with Crippen LogP contribution in [0.1, 0.15) is 29.8 Å². The predicted molar refractivity (Wildman–Crippen MR) is 83.9 cm³/mol. The van der Waals surface area contributed by atoms with E-state index in [2.05, 4.69) is 26.0 Å². The Hall–Kier alpha value is -2.29. The summed E-state index contributed by atoms with van der Waals surface area (Å²) >= 11 is 0. The summed E-state index contributed by atoms with van der Waals surface area (Å²) in [7, 11) is 1.59. The summed E-state index contributed by atoms with van der Waals surface area (Å²) in [5.74, 6) is 0.354. The Bertz CT molecular complexity index is 627. The number of ether oxygens (including phenoxy) is 1. The first-order valence-corrected chi connectivity index (χ1v) is 7.02. The second-order valence-electron chi connectivity index (χ2n) is 5.52. The average Bonchev–Trinajstić information content (AvgIpc) is 2.46. The third-order valence-corrected chi connectivity index (χ3v) is 3.36. The molecule has 0 aromatic heterocycles. The lowest BCUT2D eigenvalue weighted by Gasteiger charge is -2.11. The summed E-state index contributed by atoms with van der Waals surface area (Å²) in [6.07, 6.45) is 1.03. The molecule has 0 fully saturated rings. The second-order valence-corrected chi connectivity index (χ2v) is 5.52. The maximum absolute atomic E-state index is 11.1. The van der Waals surface area contributed by atoms with Gasteiger partial charge in [0.2, 0.25) is 0 Å². The first-order valence-electron chi connectivity index (χ1n) is 7.02.